The lowest BCUT2D eigenvalue weighted by atomic mass is 9.92. The van der Waals surface area contributed by atoms with Gasteiger partial charge in [-0.3, -0.25) is 4.79 Å². The highest BCUT2D eigenvalue weighted by Gasteiger charge is 2.26. The molecule has 1 aliphatic rings. The minimum Gasteiger partial charge on any atom is -0.452 e. The SMILES string of the molecule is C[C@@H]1C[C@@H](C)CN(C(=O)COC(=O)c2ccccc2-n2cnnn2)C1. The van der Waals surface area contributed by atoms with E-state index >= 15 is 0 Å². The highest BCUT2D eigenvalue weighted by atomic mass is 16.5. The maximum atomic E-state index is 12.4. The van der Waals surface area contributed by atoms with Gasteiger partial charge in [0.15, 0.2) is 6.61 Å². The molecule has 1 fully saturated rings. The van der Waals surface area contributed by atoms with Gasteiger partial charge in [0.05, 0.1) is 11.3 Å². The summed E-state index contributed by atoms with van der Waals surface area (Å²) < 4.78 is 6.62. The van der Waals surface area contributed by atoms with Crippen LogP contribution in [0.3, 0.4) is 0 Å². The number of rotatable bonds is 4. The monoisotopic (exact) mass is 343 g/mol. The van der Waals surface area contributed by atoms with Crippen molar-refractivity contribution in [2.75, 3.05) is 19.7 Å². The van der Waals surface area contributed by atoms with Crippen LogP contribution in [0.25, 0.3) is 5.69 Å². The van der Waals surface area contributed by atoms with Crippen LogP contribution >= 0.6 is 0 Å². The van der Waals surface area contributed by atoms with E-state index in [4.69, 9.17) is 4.74 Å². The first-order valence-corrected chi connectivity index (χ1v) is 8.32. The van der Waals surface area contributed by atoms with Gasteiger partial charge in [0.1, 0.15) is 6.33 Å². The van der Waals surface area contributed by atoms with Crippen molar-refractivity contribution >= 4 is 11.9 Å². The van der Waals surface area contributed by atoms with Gasteiger partial charge in [-0.15, -0.1) is 5.10 Å². The molecule has 0 saturated carbocycles. The largest absolute Gasteiger partial charge is 0.452 e. The average molecular weight is 343 g/mol. The molecule has 2 heterocycles. The zero-order valence-electron chi connectivity index (χ0n) is 14.3. The molecular weight excluding hydrogens is 322 g/mol. The fourth-order valence-electron chi connectivity index (χ4n) is 3.28. The topological polar surface area (TPSA) is 90.2 Å². The normalized spacial score (nSPS) is 20.3. The van der Waals surface area contributed by atoms with Crippen LogP contribution in [0.5, 0.6) is 0 Å². The van der Waals surface area contributed by atoms with Crippen LogP contribution in [-0.2, 0) is 9.53 Å². The molecule has 1 aliphatic heterocycles. The van der Waals surface area contributed by atoms with Crippen molar-refractivity contribution in [3.8, 4) is 5.69 Å². The number of carbonyl (C=O) groups excluding carboxylic acids is 2. The van der Waals surface area contributed by atoms with Crippen LogP contribution < -0.4 is 0 Å². The van der Waals surface area contributed by atoms with Crippen LogP contribution in [0, 0.1) is 11.8 Å². The molecule has 8 nitrogen and oxygen atoms in total. The number of aromatic nitrogens is 4. The quantitative estimate of drug-likeness (QED) is 0.778. The Labute approximate surface area is 145 Å². The second kappa shape index (κ2) is 7.42. The number of ether oxygens (including phenoxy) is 1. The predicted octanol–water partition coefficient (Wildman–Crippen LogP) is 1.32. The maximum Gasteiger partial charge on any atom is 0.340 e. The Hall–Kier alpha value is -2.77. The van der Waals surface area contributed by atoms with Crippen LogP contribution in [-0.4, -0.2) is 56.7 Å². The van der Waals surface area contributed by atoms with Crippen molar-refractivity contribution in [1.29, 1.82) is 0 Å². The summed E-state index contributed by atoms with van der Waals surface area (Å²) in [5, 5.41) is 10.9. The van der Waals surface area contributed by atoms with Gasteiger partial charge in [-0.1, -0.05) is 26.0 Å². The Balaban J connectivity index is 1.64. The lowest BCUT2D eigenvalue weighted by molar-refractivity contribution is -0.137. The lowest BCUT2D eigenvalue weighted by Crippen LogP contribution is -2.44. The summed E-state index contributed by atoms with van der Waals surface area (Å²) in [6.07, 6.45) is 2.51. The van der Waals surface area contributed by atoms with Crippen molar-refractivity contribution < 1.29 is 14.3 Å². The highest BCUT2D eigenvalue weighted by Crippen LogP contribution is 2.21. The summed E-state index contributed by atoms with van der Waals surface area (Å²) in [7, 11) is 0. The molecule has 3 rings (SSSR count). The molecule has 0 N–H and O–H groups in total. The zero-order valence-corrected chi connectivity index (χ0v) is 14.3. The van der Waals surface area contributed by atoms with Crippen LogP contribution in [0.2, 0.25) is 0 Å². The second-order valence-corrected chi connectivity index (χ2v) is 6.59. The number of nitrogens with zero attached hydrogens (tertiary/aromatic N) is 5. The third kappa shape index (κ3) is 4.01. The predicted molar refractivity (Wildman–Crippen MR) is 89.0 cm³/mol. The summed E-state index contributed by atoms with van der Waals surface area (Å²) in [5.74, 6) is 0.192. The van der Waals surface area contributed by atoms with Gasteiger partial charge >= 0.3 is 5.97 Å². The Morgan fingerprint density at radius 1 is 1.20 bits per heavy atom. The summed E-state index contributed by atoms with van der Waals surface area (Å²) in [6, 6.07) is 6.83. The van der Waals surface area contributed by atoms with Crippen LogP contribution in [0.4, 0.5) is 0 Å². The number of esters is 1. The van der Waals surface area contributed by atoms with E-state index in [0.717, 1.165) is 6.42 Å². The van der Waals surface area contributed by atoms with Crippen LogP contribution in [0.1, 0.15) is 30.6 Å². The van der Waals surface area contributed by atoms with E-state index in [0.29, 0.717) is 36.2 Å². The van der Waals surface area contributed by atoms with E-state index in [2.05, 4.69) is 29.4 Å². The molecule has 1 aromatic carbocycles. The Bertz CT molecular complexity index is 737. The highest BCUT2D eigenvalue weighted by molar-refractivity contribution is 5.94. The first-order chi connectivity index (χ1) is 12.0. The molecule has 8 heteroatoms. The smallest absolute Gasteiger partial charge is 0.340 e. The minimum absolute atomic E-state index is 0.161. The van der Waals surface area contributed by atoms with Gasteiger partial charge in [0.25, 0.3) is 5.91 Å². The third-order valence-electron chi connectivity index (χ3n) is 4.27. The number of piperidine rings is 1. The van der Waals surface area contributed by atoms with Crippen molar-refractivity contribution in [2.24, 2.45) is 11.8 Å². The number of hydrogen-bond acceptors (Lipinski definition) is 6. The Morgan fingerprint density at radius 3 is 2.60 bits per heavy atom. The standard InChI is InChI=1S/C17H21N5O3/c1-12-7-13(2)9-21(8-12)16(23)10-25-17(24)14-5-3-4-6-15(14)22-11-18-19-20-22/h3-6,11-13H,7-10H2,1-2H3/t12-,13-/m1/s1. The van der Waals surface area contributed by atoms with Gasteiger partial charge in [0.2, 0.25) is 0 Å². The third-order valence-corrected chi connectivity index (χ3v) is 4.27. The van der Waals surface area contributed by atoms with Gasteiger partial charge in [0, 0.05) is 13.1 Å². The lowest BCUT2D eigenvalue weighted by Gasteiger charge is -2.34. The van der Waals surface area contributed by atoms with Crippen molar-refractivity contribution in [2.45, 2.75) is 20.3 Å². The molecule has 2 aromatic rings. The molecule has 0 spiro atoms. The van der Waals surface area contributed by atoms with Gasteiger partial charge in [-0.2, -0.15) is 4.68 Å². The molecule has 0 aliphatic carbocycles. The van der Waals surface area contributed by atoms with Gasteiger partial charge in [-0.25, -0.2) is 4.79 Å². The Kier molecular flexibility index (Phi) is 5.06. The van der Waals surface area contributed by atoms with Gasteiger partial charge < -0.3 is 9.64 Å². The molecule has 2 atom stereocenters. The molecule has 1 saturated heterocycles. The van der Waals surface area contributed by atoms with Crippen LogP contribution in [0.15, 0.2) is 30.6 Å². The average Bonchev–Trinajstić information content (AvgIpc) is 3.13. The van der Waals surface area contributed by atoms with E-state index in [1.54, 1.807) is 29.2 Å². The molecule has 1 aromatic heterocycles. The molecule has 1 amide bonds. The molecule has 25 heavy (non-hydrogen) atoms. The molecule has 0 radical (unpaired) electrons. The first-order valence-electron chi connectivity index (χ1n) is 8.32. The number of benzene rings is 1. The van der Waals surface area contributed by atoms with E-state index in [9.17, 15) is 9.59 Å². The number of para-hydroxylation sites is 1. The number of tetrazole rings is 1. The summed E-state index contributed by atoms with van der Waals surface area (Å²) in [4.78, 5) is 26.5. The van der Waals surface area contributed by atoms with E-state index in [1.807, 2.05) is 0 Å². The van der Waals surface area contributed by atoms with E-state index < -0.39 is 5.97 Å². The van der Waals surface area contributed by atoms with Crippen molar-refractivity contribution in [3.63, 3.8) is 0 Å². The minimum atomic E-state index is -0.572. The van der Waals surface area contributed by atoms with Crippen molar-refractivity contribution in [3.05, 3.63) is 36.2 Å². The Morgan fingerprint density at radius 2 is 1.92 bits per heavy atom. The summed E-state index contributed by atoms with van der Waals surface area (Å²) in [5.41, 5.74) is 0.813. The molecular formula is C17H21N5O3. The maximum absolute atomic E-state index is 12.4. The van der Waals surface area contributed by atoms with Crippen molar-refractivity contribution in [1.82, 2.24) is 25.1 Å². The molecule has 0 unspecified atom stereocenters. The number of hydrogen-bond donors (Lipinski definition) is 0. The number of carbonyl (C=O) groups is 2. The number of amides is 1. The molecule has 0 bridgehead atoms. The van der Waals surface area contributed by atoms with E-state index in [1.165, 1.54) is 11.0 Å². The zero-order chi connectivity index (χ0) is 17.8. The fourth-order valence-corrected chi connectivity index (χ4v) is 3.28. The molecule has 132 valence electrons. The summed E-state index contributed by atoms with van der Waals surface area (Å²) >= 11 is 0. The fraction of sp³-hybridized carbons (Fsp3) is 0.471. The first kappa shape index (κ1) is 17.1. The second-order valence-electron chi connectivity index (χ2n) is 6.59. The summed E-state index contributed by atoms with van der Waals surface area (Å²) in [6.45, 7) is 5.42. The van der Waals surface area contributed by atoms with E-state index in [-0.39, 0.29) is 12.5 Å². The number of likely N-dealkylation sites (tertiary alicyclic amines) is 1. The van der Waals surface area contributed by atoms with Gasteiger partial charge in [-0.05, 0) is 40.8 Å².